The van der Waals surface area contributed by atoms with E-state index in [4.69, 9.17) is 18.0 Å². The highest BCUT2D eigenvalue weighted by Crippen LogP contribution is 2.41. The minimum atomic E-state index is 0.489. The van der Waals surface area contributed by atoms with Gasteiger partial charge in [0.05, 0.1) is 10.4 Å². The second-order valence-electron chi connectivity index (χ2n) is 4.91. The number of fused-ring (bicyclic) bond motifs is 1. The van der Waals surface area contributed by atoms with E-state index in [9.17, 15) is 0 Å². The van der Waals surface area contributed by atoms with E-state index < -0.39 is 0 Å². The number of hydrogen-bond donors (Lipinski definition) is 1. The van der Waals surface area contributed by atoms with Gasteiger partial charge in [0.25, 0.3) is 0 Å². The van der Waals surface area contributed by atoms with Crippen LogP contribution in [-0.4, -0.2) is 20.7 Å². The van der Waals surface area contributed by atoms with Gasteiger partial charge in [-0.2, -0.15) is 0 Å². The molecule has 0 unspecified atom stereocenters. The molecule has 2 aromatic heterocycles. The third kappa shape index (κ3) is 2.99. The zero-order valence-electron chi connectivity index (χ0n) is 12.3. The normalized spacial score (nSPS) is 11.0. The van der Waals surface area contributed by atoms with E-state index in [0.29, 0.717) is 10.7 Å². The molecule has 0 bridgehead atoms. The van der Waals surface area contributed by atoms with Crippen molar-refractivity contribution in [2.24, 2.45) is 5.73 Å². The van der Waals surface area contributed by atoms with E-state index in [0.717, 1.165) is 21.1 Å². The molecule has 22 heavy (non-hydrogen) atoms. The van der Waals surface area contributed by atoms with Crippen molar-refractivity contribution in [1.82, 2.24) is 9.97 Å². The highest BCUT2D eigenvalue weighted by Gasteiger charge is 2.17. The number of thioether (sulfide) groups is 1. The molecule has 3 rings (SSSR count). The zero-order valence-corrected chi connectivity index (χ0v) is 14.7. The van der Waals surface area contributed by atoms with Crippen molar-refractivity contribution in [3.63, 3.8) is 0 Å². The molecule has 3 aromatic rings. The van der Waals surface area contributed by atoms with Gasteiger partial charge in [0, 0.05) is 16.2 Å². The molecule has 112 valence electrons. The van der Waals surface area contributed by atoms with Crippen molar-refractivity contribution in [3.05, 3.63) is 41.0 Å². The Morgan fingerprint density at radius 3 is 2.64 bits per heavy atom. The van der Waals surface area contributed by atoms with Crippen LogP contribution in [0.4, 0.5) is 0 Å². The van der Waals surface area contributed by atoms with Gasteiger partial charge in [-0.3, -0.25) is 0 Å². The third-order valence-corrected chi connectivity index (χ3v) is 5.57. The summed E-state index contributed by atoms with van der Waals surface area (Å²) in [5.41, 5.74) is 8.05. The second-order valence-corrected chi connectivity index (χ2v) is 7.60. The topological polar surface area (TPSA) is 51.8 Å². The maximum atomic E-state index is 5.65. The summed E-state index contributed by atoms with van der Waals surface area (Å²) in [4.78, 5) is 12.0. The van der Waals surface area contributed by atoms with Gasteiger partial charge in [-0.15, -0.1) is 11.3 Å². The molecule has 0 saturated heterocycles. The van der Waals surface area contributed by atoms with Gasteiger partial charge in [-0.05, 0) is 19.4 Å². The quantitative estimate of drug-likeness (QED) is 0.433. The Morgan fingerprint density at radius 2 is 1.95 bits per heavy atom. The molecule has 0 radical (unpaired) electrons. The predicted octanol–water partition coefficient (Wildman–Crippen LogP) is 4.35. The van der Waals surface area contributed by atoms with Crippen LogP contribution in [0.2, 0.25) is 0 Å². The molecule has 2 N–H and O–H groups in total. The largest absolute Gasteiger partial charge is 0.393 e. The van der Waals surface area contributed by atoms with E-state index >= 15 is 0 Å². The Hall–Kier alpha value is -1.50. The fourth-order valence-corrected chi connectivity index (χ4v) is 4.53. The molecule has 0 amide bonds. The van der Waals surface area contributed by atoms with Crippen LogP contribution >= 0.6 is 35.3 Å². The van der Waals surface area contributed by atoms with Crippen LogP contribution in [0.5, 0.6) is 0 Å². The van der Waals surface area contributed by atoms with E-state index in [2.05, 4.69) is 41.2 Å². The highest BCUT2D eigenvalue weighted by molar-refractivity contribution is 8.01. The predicted molar refractivity (Wildman–Crippen MR) is 99.8 cm³/mol. The lowest BCUT2D eigenvalue weighted by Gasteiger charge is -2.07. The maximum Gasteiger partial charge on any atom is 0.129 e. The van der Waals surface area contributed by atoms with Crippen molar-refractivity contribution >= 4 is 50.5 Å². The smallest absolute Gasteiger partial charge is 0.129 e. The number of nitrogens with two attached hydrogens (primary N) is 1. The Bertz CT molecular complexity index is 841. The number of aromatic nitrogens is 2. The first-order chi connectivity index (χ1) is 10.6. The van der Waals surface area contributed by atoms with Gasteiger partial charge in [0.1, 0.15) is 15.7 Å². The Morgan fingerprint density at radius 1 is 1.23 bits per heavy atom. The third-order valence-electron chi connectivity index (χ3n) is 3.22. The summed E-state index contributed by atoms with van der Waals surface area (Å²) in [6, 6.07) is 10.4. The molecule has 1 aromatic carbocycles. The van der Waals surface area contributed by atoms with E-state index in [-0.39, 0.29) is 0 Å². The Labute approximate surface area is 143 Å². The van der Waals surface area contributed by atoms with Crippen LogP contribution in [0.15, 0.2) is 35.4 Å². The van der Waals surface area contributed by atoms with Crippen molar-refractivity contribution < 1.29 is 0 Å². The zero-order chi connectivity index (χ0) is 15.7. The maximum absolute atomic E-state index is 5.65. The van der Waals surface area contributed by atoms with E-state index in [1.165, 1.54) is 16.0 Å². The van der Waals surface area contributed by atoms with Crippen LogP contribution < -0.4 is 5.73 Å². The molecular weight excluding hydrogens is 330 g/mol. The first-order valence-corrected chi connectivity index (χ1v) is 9.01. The summed E-state index contributed by atoms with van der Waals surface area (Å²) in [6.45, 7) is 4.05. The summed E-state index contributed by atoms with van der Waals surface area (Å²) >= 11 is 8.29. The summed E-state index contributed by atoms with van der Waals surface area (Å²) < 4.78 is 0. The van der Waals surface area contributed by atoms with Gasteiger partial charge in [-0.1, -0.05) is 54.3 Å². The summed E-state index contributed by atoms with van der Waals surface area (Å²) in [5, 5.41) is 2.07. The van der Waals surface area contributed by atoms with Gasteiger partial charge in [0.15, 0.2) is 0 Å². The number of rotatable bonds is 4. The number of aryl methyl sites for hydroxylation is 2. The summed E-state index contributed by atoms with van der Waals surface area (Å²) in [7, 11) is 0. The molecule has 0 saturated carbocycles. The standard InChI is InChI=1S/C16H15N3S3/c1-9-13(11-6-4-3-5-7-11)14-15(21-8-12(17)20)18-10(2)19-16(14)22-9/h3-7H,8H2,1-2H3,(H2,17,20). The first kappa shape index (κ1) is 15.4. The van der Waals surface area contributed by atoms with Crippen LogP contribution in [0.25, 0.3) is 21.3 Å². The van der Waals surface area contributed by atoms with Crippen LogP contribution in [0.3, 0.4) is 0 Å². The lowest BCUT2D eigenvalue weighted by atomic mass is 10.0. The van der Waals surface area contributed by atoms with Gasteiger partial charge >= 0.3 is 0 Å². The Kier molecular flexibility index (Phi) is 4.42. The number of nitrogens with zero attached hydrogens (tertiary/aromatic N) is 2. The lowest BCUT2D eigenvalue weighted by Crippen LogP contribution is -2.10. The molecule has 0 aliphatic heterocycles. The number of hydrogen-bond acceptors (Lipinski definition) is 5. The van der Waals surface area contributed by atoms with Crippen molar-refractivity contribution in [3.8, 4) is 11.1 Å². The summed E-state index contributed by atoms with van der Waals surface area (Å²) in [6.07, 6.45) is 0. The van der Waals surface area contributed by atoms with Crippen molar-refractivity contribution in [2.75, 3.05) is 5.75 Å². The molecule has 0 atom stereocenters. The SMILES string of the molecule is Cc1nc(SCC(N)=S)c2c(-c3ccccc3)c(C)sc2n1. The first-order valence-electron chi connectivity index (χ1n) is 6.80. The van der Waals surface area contributed by atoms with Gasteiger partial charge in [0.2, 0.25) is 0 Å². The Balaban J connectivity index is 2.24. The van der Waals surface area contributed by atoms with Crippen molar-refractivity contribution in [1.29, 1.82) is 0 Å². The minimum Gasteiger partial charge on any atom is -0.393 e. The molecule has 0 spiro atoms. The molecular formula is C16H15N3S3. The average Bonchev–Trinajstić information content (AvgIpc) is 2.81. The highest BCUT2D eigenvalue weighted by atomic mass is 32.2. The van der Waals surface area contributed by atoms with E-state index in [1.54, 1.807) is 23.1 Å². The monoisotopic (exact) mass is 345 g/mol. The van der Waals surface area contributed by atoms with Crippen LogP contribution in [-0.2, 0) is 0 Å². The minimum absolute atomic E-state index is 0.489. The van der Waals surface area contributed by atoms with Crippen LogP contribution in [0.1, 0.15) is 10.7 Å². The fourth-order valence-electron chi connectivity index (χ4n) is 2.38. The van der Waals surface area contributed by atoms with Gasteiger partial charge < -0.3 is 5.73 Å². The number of thiocarbonyl (C=S) groups is 1. The lowest BCUT2D eigenvalue weighted by molar-refractivity contribution is 1.02. The molecule has 3 nitrogen and oxygen atoms in total. The fraction of sp³-hybridized carbons (Fsp3) is 0.188. The van der Waals surface area contributed by atoms with E-state index in [1.807, 2.05) is 13.0 Å². The van der Waals surface area contributed by atoms with Crippen LogP contribution in [0, 0.1) is 13.8 Å². The molecule has 2 heterocycles. The van der Waals surface area contributed by atoms with Gasteiger partial charge in [-0.25, -0.2) is 9.97 Å². The van der Waals surface area contributed by atoms with Crippen molar-refractivity contribution in [2.45, 2.75) is 18.9 Å². The second kappa shape index (κ2) is 6.32. The average molecular weight is 346 g/mol. The molecule has 6 heteroatoms. The molecule has 0 aliphatic rings. The number of thiophene rings is 1. The number of benzene rings is 1. The summed E-state index contributed by atoms with van der Waals surface area (Å²) in [5.74, 6) is 1.36. The molecule has 0 aliphatic carbocycles. The molecule has 0 fully saturated rings.